The molecule has 3 rings (SSSR count). The molecule has 7 heteroatoms. The Kier molecular flexibility index (Phi) is 6.96. The van der Waals surface area contributed by atoms with Crippen molar-refractivity contribution in [2.45, 2.75) is 34.6 Å². The Morgan fingerprint density at radius 3 is 2.50 bits per heavy atom. The van der Waals surface area contributed by atoms with E-state index in [0.29, 0.717) is 17.9 Å². The Morgan fingerprint density at radius 2 is 1.88 bits per heavy atom. The summed E-state index contributed by atoms with van der Waals surface area (Å²) in [4.78, 5) is 26.3. The molecule has 0 atom stereocenters. The zero-order chi connectivity index (χ0) is 23.4. The number of ether oxygens (including phenoxy) is 1. The normalized spacial score (nSPS) is 11.2. The summed E-state index contributed by atoms with van der Waals surface area (Å²) in [6.07, 6.45) is 1.58. The molecular weight excluding hydrogens is 422 g/mol. The Labute approximate surface area is 191 Å². The molecule has 0 aliphatic carbocycles. The Bertz CT molecular complexity index is 1240. The van der Waals surface area contributed by atoms with E-state index in [4.69, 9.17) is 4.74 Å². The molecule has 0 bridgehead atoms. The van der Waals surface area contributed by atoms with Crippen LogP contribution in [0.15, 0.2) is 42.0 Å². The topological polar surface area (TPSA) is 84.1 Å². The minimum atomic E-state index is -0.474. The smallest absolute Gasteiger partial charge is 0.341 e. The van der Waals surface area contributed by atoms with E-state index in [9.17, 15) is 14.9 Å². The van der Waals surface area contributed by atoms with E-state index < -0.39 is 5.91 Å². The fourth-order valence-electron chi connectivity index (χ4n) is 3.48. The number of aryl methyl sites for hydroxylation is 2. The number of amides is 1. The lowest BCUT2D eigenvalue weighted by Crippen LogP contribution is -2.13. The van der Waals surface area contributed by atoms with Crippen LogP contribution in [0.5, 0.6) is 0 Å². The predicted octanol–water partition coefficient (Wildman–Crippen LogP) is 5.49. The van der Waals surface area contributed by atoms with Gasteiger partial charge in [0.05, 0.1) is 12.2 Å². The standard InChI is InChI=1S/C25H25N3O3S/c1-6-31-25(30)22-16(3)18(5)32-24(22)28-15(2)12-19(17(28)4)13-20(14-26)23(29)27-21-10-8-7-9-11-21/h7-13H,6H2,1-5H3,(H,27,29)/b20-13-. The van der Waals surface area contributed by atoms with E-state index in [1.165, 1.54) is 11.3 Å². The molecule has 0 radical (unpaired) electrons. The van der Waals surface area contributed by atoms with Crippen LogP contribution in [0.25, 0.3) is 11.1 Å². The monoisotopic (exact) mass is 447 g/mol. The molecule has 32 heavy (non-hydrogen) atoms. The molecule has 0 saturated heterocycles. The second-order valence-corrected chi connectivity index (χ2v) is 8.54. The van der Waals surface area contributed by atoms with Gasteiger partial charge in [-0.25, -0.2) is 4.79 Å². The number of nitrogens with zero attached hydrogens (tertiary/aromatic N) is 2. The van der Waals surface area contributed by atoms with Gasteiger partial charge < -0.3 is 14.6 Å². The number of anilines is 1. The molecule has 0 unspecified atom stereocenters. The number of nitrogens with one attached hydrogen (secondary N) is 1. The minimum Gasteiger partial charge on any atom is -0.462 e. The molecular formula is C25H25N3O3S. The maximum absolute atomic E-state index is 12.7. The van der Waals surface area contributed by atoms with Gasteiger partial charge in [0.2, 0.25) is 0 Å². The summed E-state index contributed by atoms with van der Waals surface area (Å²) in [7, 11) is 0. The number of nitriles is 1. The first-order valence-corrected chi connectivity index (χ1v) is 11.0. The van der Waals surface area contributed by atoms with E-state index in [1.54, 1.807) is 25.1 Å². The molecule has 2 heterocycles. The summed E-state index contributed by atoms with van der Waals surface area (Å²) in [6, 6.07) is 12.9. The van der Waals surface area contributed by atoms with Crippen LogP contribution >= 0.6 is 11.3 Å². The van der Waals surface area contributed by atoms with Crippen LogP contribution in [0.3, 0.4) is 0 Å². The number of carbonyl (C=O) groups excluding carboxylic acids is 2. The third-order valence-electron chi connectivity index (χ3n) is 5.22. The van der Waals surface area contributed by atoms with Gasteiger partial charge in [0.25, 0.3) is 5.91 Å². The Balaban J connectivity index is 2.03. The van der Waals surface area contributed by atoms with Crippen LogP contribution in [0.2, 0.25) is 0 Å². The highest BCUT2D eigenvalue weighted by atomic mass is 32.1. The maximum Gasteiger partial charge on any atom is 0.341 e. The summed E-state index contributed by atoms with van der Waals surface area (Å²) in [5, 5.41) is 13.1. The first kappa shape index (κ1) is 23.0. The number of aromatic nitrogens is 1. The second kappa shape index (κ2) is 9.67. The van der Waals surface area contributed by atoms with Gasteiger partial charge in [-0.3, -0.25) is 4.79 Å². The molecule has 0 aliphatic rings. The van der Waals surface area contributed by atoms with Gasteiger partial charge >= 0.3 is 5.97 Å². The van der Waals surface area contributed by atoms with Crippen molar-refractivity contribution in [2.24, 2.45) is 0 Å². The number of rotatable bonds is 6. The van der Waals surface area contributed by atoms with Crippen LogP contribution < -0.4 is 5.32 Å². The van der Waals surface area contributed by atoms with Gasteiger partial charge in [0, 0.05) is 22.0 Å². The molecule has 1 amide bonds. The summed E-state index contributed by atoms with van der Waals surface area (Å²) in [5.74, 6) is -0.826. The third kappa shape index (κ3) is 4.51. The number of hydrogen-bond donors (Lipinski definition) is 1. The molecule has 0 fully saturated rings. The fraction of sp³-hybridized carbons (Fsp3) is 0.240. The quantitative estimate of drug-likeness (QED) is 0.307. The average Bonchev–Trinajstić information content (AvgIpc) is 3.21. The van der Waals surface area contributed by atoms with Crippen LogP contribution in [0.4, 0.5) is 5.69 Å². The summed E-state index contributed by atoms with van der Waals surface area (Å²) in [6.45, 7) is 9.81. The first-order valence-electron chi connectivity index (χ1n) is 10.2. The number of thiophene rings is 1. The van der Waals surface area contributed by atoms with Crippen molar-refractivity contribution in [1.29, 1.82) is 5.26 Å². The largest absolute Gasteiger partial charge is 0.462 e. The lowest BCUT2D eigenvalue weighted by molar-refractivity contribution is -0.112. The molecule has 0 spiro atoms. The highest BCUT2D eigenvalue weighted by Crippen LogP contribution is 2.35. The molecule has 0 saturated carbocycles. The van der Waals surface area contributed by atoms with Crippen molar-refractivity contribution >= 4 is 35.0 Å². The molecule has 0 aliphatic heterocycles. The molecule has 1 aromatic carbocycles. The summed E-state index contributed by atoms with van der Waals surface area (Å²) >= 11 is 1.52. The van der Waals surface area contributed by atoms with Crippen molar-refractivity contribution in [2.75, 3.05) is 11.9 Å². The summed E-state index contributed by atoms with van der Waals surface area (Å²) < 4.78 is 7.27. The number of carbonyl (C=O) groups is 2. The minimum absolute atomic E-state index is 0.00161. The van der Waals surface area contributed by atoms with Crippen molar-refractivity contribution in [3.63, 3.8) is 0 Å². The van der Waals surface area contributed by atoms with Gasteiger partial charge in [-0.05, 0) is 70.0 Å². The second-order valence-electron chi connectivity index (χ2n) is 7.34. The molecule has 1 N–H and O–H groups in total. The number of hydrogen-bond acceptors (Lipinski definition) is 5. The van der Waals surface area contributed by atoms with E-state index >= 15 is 0 Å². The van der Waals surface area contributed by atoms with E-state index in [2.05, 4.69) is 5.32 Å². The van der Waals surface area contributed by atoms with Crippen LogP contribution in [0.1, 0.15) is 44.7 Å². The van der Waals surface area contributed by atoms with Gasteiger partial charge in [0.1, 0.15) is 16.6 Å². The van der Waals surface area contributed by atoms with Gasteiger partial charge in [-0.15, -0.1) is 11.3 Å². The lowest BCUT2D eigenvalue weighted by Gasteiger charge is -2.11. The van der Waals surface area contributed by atoms with Crippen LogP contribution in [-0.2, 0) is 9.53 Å². The average molecular weight is 448 g/mol. The van der Waals surface area contributed by atoms with Gasteiger partial charge in [-0.2, -0.15) is 5.26 Å². The zero-order valence-electron chi connectivity index (χ0n) is 18.8. The van der Waals surface area contributed by atoms with Crippen LogP contribution in [-0.4, -0.2) is 23.1 Å². The number of benzene rings is 1. The number of esters is 1. The number of para-hydroxylation sites is 1. The van der Waals surface area contributed by atoms with E-state index in [0.717, 1.165) is 32.4 Å². The fourth-order valence-corrected chi connectivity index (χ4v) is 4.74. The predicted molar refractivity (Wildman–Crippen MR) is 127 cm³/mol. The van der Waals surface area contributed by atoms with Crippen LogP contribution in [0, 0.1) is 39.0 Å². The van der Waals surface area contributed by atoms with Crippen molar-refractivity contribution in [3.05, 3.63) is 74.9 Å². The van der Waals surface area contributed by atoms with Gasteiger partial charge in [-0.1, -0.05) is 18.2 Å². The van der Waals surface area contributed by atoms with E-state index in [1.807, 2.05) is 62.6 Å². The van der Waals surface area contributed by atoms with Crippen molar-refractivity contribution in [3.8, 4) is 11.1 Å². The SMILES string of the molecule is CCOC(=O)c1c(-n2c(C)cc(/C=C(/C#N)C(=O)Nc3ccccc3)c2C)sc(C)c1C. The molecule has 6 nitrogen and oxygen atoms in total. The molecule has 164 valence electrons. The lowest BCUT2D eigenvalue weighted by atomic mass is 10.1. The van der Waals surface area contributed by atoms with E-state index in [-0.39, 0.29) is 11.5 Å². The zero-order valence-corrected chi connectivity index (χ0v) is 19.6. The third-order valence-corrected chi connectivity index (χ3v) is 6.41. The highest BCUT2D eigenvalue weighted by Gasteiger charge is 2.24. The Morgan fingerprint density at radius 1 is 1.19 bits per heavy atom. The van der Waals surface area contributed by atoms with Gasteiger partial charge in [0.15, 0.2) is 0 Å². The van der Waals surface area contributed by atoms with Crippen molar-refractivity contribution in [1.82, 2.24) is 4.57 Å². The maximum atomic E-state index is 12.7. The summed E-state index contributed by atoms with van der Waals surface area (Å²) in [5.41, 5.74) is 4.52. The van der Waals surface area contributed by atoms with Crippen molar-refractivity contribution < 1.29 is 14.3 Å². The Hall–Kier alpha value is -3.63. The molecule has 3 aromatic rings. The highest BCUT2D eigenvalue weighted by molar-refractivity contribution is 7.15. The molecule has 2 aromatic heterocycles. The first-order chi connectivity index (χ1) is 15.3.